The standard InChI is InChI=1S/C17H22N4O5S/c1-26-11-3-10-18-15(22)9-8-14-17(23)19-16(21-20-14)12-4-6-13(7-5-12)27(2,24)25/h4-7H,3,8-11H2,1-2H3,(H,18,22)(H,19,21,23). The van der Waals surface area contributed by atoms with E-state index < -0.39 is 15.4 Å². The quantitative estimate of drug-likeness (QED) is 0.586. The van der Waals surface area contributed by atoms with Crippen LogP contribution < -0.4 is 10.9 Å². The van der Waals surface area contributed by atoms with E-state index in [2.05, 4.69) is 20.5 Å². The third kappa shape index (κ3) is 6.26. The number of methoxy groups -OCH3 is 1. The molecule has 0 spiro atoms. The molecular weight excluding hydrogens is 372 g/mol. The highest BCUT2D eigenvalue weighted by Gasteiger charge is 2.11. The first-order valence-electron chi connectivity index (χ1n) is 8.33. The van der Waals surface area contributed by atoms with Crippen molar-refractivity contribution in [2.75, 3.05) is 26.5 Å². The fourth-order valence-corrected chi connectivity index (χ4v) is 2.91. The van der Waals surface area contributed by atoms with E-state index in [9.17, 15) is 18.0 Å². The lowest BCUT2D eigenvalue weighted by Crippen LogP contribution is -2.27. The van der Waals surface area contributed by atoms with Crippen LogP contribution in [0.4, 0.5) is 0 Å². The van der Waals surface area contributed by atoms with Crippen LogP contribution in [0, 0.1) is 0 Å². The summed E-state index contributed by atoms with van der Waals surface area (Å²) in [7, 11) is -1.70. The Morgan fingerprint density at radius 3 is 2.52 bits per heavy atom. The van der Waals surface area contributed by atoms with Gasteiger partial charge in [-0.3, -0.25) is 9.59 Å². The highest BCUT2D eigenvalue weighted by molar-refractivity contribution is 7.90. The Labute approximate surface area is 157 Å². The average Bonchev–Trinajstić information content (AvgIpc) is 2.63. The number of nitrogens with zero attached hydrogens (tertiary/aromatic N) is 2. The van der Waals surface area contributed by atoms with Crippen molar-refractivity contribution < 1.29 is 17.9 Å². The van der Waals surface area contributed by atoms with E-state index in [1.54, 1.807) is 19.2 Å². The molecule has 146 valence electrons. The van der Waals surface area contributed by atoms with Gasteiger partial charge in [-0.2, -0.15) is 0 Å². The van der Waals surface area contributed by atoms with E-state index in [0.717, 1.165) is 12.7 Å². The summed E-state index contributed by atoms with van der Waals surface area (Å²) in [6, 6.07) is 5.96. The van der Waals surface area contributed by atoms with E-state index in [4.69, 9.17) is 4.74 Å². The molecule has 0 aliphatic rings. The SMILES string of the molecule is COCCCNC(=O)CCc1nnc(-c2ccc(S(C)(=O)=O)cc2)[nH]c1=O. The topological polar surface area (TPSA) is 131 Å². The molecule has 0 saturated heterocycles. The summed E-state index contributed by atoms with van der Waals surface area (Å²) >= 11 is 0. The minimum atomic E-state index is -3.30. The Balaban J connectivity index is 1.99. The van der Waals surface area contributed by atoms with Gasteiger partial charge in [-0.1, -0.05) is 0 Å². The number of amides is 1. The third-order valence-corrected chi connectivity index (χ3v) is 4.89. The number of nitrogens with one attached hydrogen (secondary N) is 2. The number of H-pyrrole nitrogens is 1. The first-order valence-corrected chi connectivity index (χ1v) is 10.2. The van der Waals surface area contributed by atoms with Gasteiger partial charge in [0.05, 0.1) is 4.90 Å². The van der Waals surface area contributed by atoms with Gasteiger partial charge in [0, 0.05) is 44.9 Å². The van der Waals surface area contributed by atoms with Crippen molar-refractivity contribution in [1.82, 2.24) is 20.5 Å². The molecule has 2 aromatic rings. The molecule has 2 rings (SSSR count). The molecule has 0 radical (unpaired) electrons. The predicted molar refractivity (Wildman–Crippen MR) is 99.0 cm³/mol. The fourth-order valence-electron chi connectivity index (χ4n) is 2.28. The largest absolute Gasteiger partial charge is 0.385 e. The van der Waals surface area contributed by atoms with Crippen molar-refractivity contribution in [3.63, 3.8) is 0 Å². The van der Waals surface area contributed by atoms with E-state index >= 15 is 0 Å². The summed E-state index contributed by atoms with van der Waals surface area (Å²) in [5.74, 6) is 0.0561. The fraction of sp³-hybridized carbons (Fsp3) is 0.412. The van der Waals surface area contributed by atoms with Crippen LogP contribution in [0.15, 0.2) is 34.0 Å². The number of carbonyl (C=O) groups is 1. The molecule has 1 aromatic carbocycles. The first-order chi connectivity index (χ1) is 12.8. The smallest absolute Gasteiger partial charge is 0.273 e. The Morgan fingerprint density at radius 2 is 1.93 bits per heavy atom. The maximum Gasteiger partial charge on any atom is 0.273 e. The van der Waals surface area contributed by atoms with Gasteiger partial charge >= 0.3 is 0 Å². The summed E-state index contributed by atoms with van der Waals surface area (Å²) in [6.45, 7) is 1.08. The highest BCUT2D eigenvalue weighted by Crippen LogP contribution is 2.16. The van der Waals surface area contributed by atoms with Crippen LogP contribution in [0.25, 0.3) is 11.4 Å². The van der Waals surface area contributed by atoms with Gasteiger partial charge in [0.25, 0.3) is 5.56 Å². The lowest BCUT2D eigenvalue weighted by Gasteiger charge is -2.05. The summed E-state index contributed by atoms with van der Waals surface area (Å²) in [6.07, 6.45) is 2.14. The zero-order valence-corrected chi connectivity index (χ0v) is 16.0. The van der Waals surface area contributed by atoms with Gasteiger partial charge in [0.15, 0.2) is 15.7 Å². The number of sulfone groups is 1. The number of hydrogen-bond donors (Lipinski definition) is 2. The Morgan fingerprint density at radius 1 is 1.22 bits per heavy atom. The van der Waals surface area contributed by atoms with Crippen molar-refractivity contribution in [3.8, 4) is 11.4 Å². The Bertz CT molecular complexity index is 939. The molecule has 0 atom stereocenters. The maximum absolute atomic E-state index is 12.1. The van der Waals surface area contributed by atoms with Gasteiger partial charge in [-0.25, -0.2) is 8.42 Å². The molecule has 27 heavy (non-hydrogen) atoms. The van der Waals surface area contributed by atoms with Gasteiger partial charge in [-0.05, 0) is 30.7 Å². The predicted octanol–water partition coefficient (Wildman–Crippen LogP) is 0.321. The molecule has 10 heteroatoms. The van der Waals surface area contributed by atoms with Gasteiger partial charge in [-0.15, -0.1) is 10.2 Å². The number of hydrogen-bond acceptors (Lipinski definition) is 7. The molecule has 1 amide bonds. The first kappa shape index (κ1) is 20.7. The van der Waals surface area contributed by atoms with E-state index in [1.807, 2.05) is 0 Å². The molecule has 0 aliphatic heterocycles. The van der Waals surface area contributed by atoms with Crippen molar-refractivity contribution >= 4 is 15.7 Å². The molecular formula is C17H22N4O5S. The van der Waals surface area contributed by atoms with Crippen LogP contribution >= 0.6 is 0 Å². The minimum absolute atomic E-state index is 0.132. The van der Waals surface area contributed by atoms with Gasteiger partial charge < -0.3 is 15.0 Å². The van der Waals surface area contributed by atoms with Crippen LogP contribution in [0.1, 0.15) is 18.5 Å². The minimum Gasteiger partial charge on any atom is -0.385 e. The number of carbonyl (C=O) groups excluding carboxylic acids is 1. The summed E-state index contributed by atoms with van der Waals surface area (Å²) in [5, 5.41) is 10.6. The average molecular weight is 394 g/mol. The highest BCUT2D eigenvalue weighted by atomic mass is 32.2. The van der Waals surface area contributed by atoms with E-state index in [0.29, 0.717) is 18.7 Å². The van der Waals surface area contributed by atoms with Gasteiger partial charge in [0.2, 0.25) is 5.91 Å². The molecule has 0 fully saturated rings. The zero-order chi connectivity index (χ0) is 19.9. The molecule has 1 heterocycles. The molecule has 0 bridgehead atoms. The van der Waals surface area contributed by atoms with Crippen LogP contribution in [0.3, 0.4) is 0 Å². The Kier molecular flexibility index (Phi) is 7.19. The molecule has 9 nitrogen and oxygen atoms in total. The number of aryl methyl sites for hydroxylation is 1. The maximum atomic E-state index is 12.1. The number of benzene rings is 1. The van der Waals surface area contributed by atoms with Crippen molar-refractivity contribution in [3.05, 3.63) is 40.3 Å². The lowest BCUT2D eigenvalue weighted by molar-refractivity contribution is -0.121. The van der Waals surface area contributed by atoms with Crippen LogP contribution in [-0.2, 0) is 25.8 Å². The second kappa shape index (κ2) is 9.38. The number of ether oxygens (including phenoxy) is 1. The van der Waals surface area contributed by atoms with Crippen molar-refractivity contribution in [2.24, 2.45) is 0 Å². The summed E-state index contributed by atoms with van der Waals surface area (Å²) in [4.78, 5) is 26.7. The third-order valence-electron chi connectivity index (χ3n) is 3.76. The molecule has 0 saturated carbocycles. The second-order valence-electron chi connectivity index (χ2n) is 5.94. The van der Waals surface area contributed by atoms with Crippen LogP contribution in [0.2, 0.25) is 0 Å². The molecule has 0 aliphatic carbocycles. The number of aromatic amines is 1. The normalized spacial score (nSPS) is 11.3. The molecule has 2 N–H and O–H groups in total. The molecule has 0 unspecified atom stereocenters. The van der Waals surface area contributed by atoms with Crippen LogP contribution in [0.5, 0.6) is 0 Å². The zero-order valence-electron chi connectivity index (χ0n) is 15.2. The number of rotatable bonds is 9. The van der Waals surface area contributed by atoms with Crippen LogP contribution in [-0.4, -0.2) is 56.0 Å². The lowest BCUT2D eigenvalue weighted by atomic mass is 10.2. The summed E-state index contributed by atoms with van der Waals surface area (Å²) < 4.78 is 27.9. The summed E-state index contributed by atoms with van der Waals surface area (Å²) in [5.41, 5.74) is 0.271. The van der Waals surface area contributed by atoms with Gasteiger partial charge in [0.1, 0.15) is 5.69 Å². The van der Waals surface area contributed by atoms with E-state index in [1.165, 1.54) is 12.1 Å². The van der Waals surface area contributed by atoms with Crippen molar-refractivity contribution in [2.45, 2.75) is 24.2 Å². The number of aromatic nitrogens is 3. The second-order valence-corrected chi connectivity index (χ2v) is 7.96. The monoisotopic (exact) mass is 394 g/mol. The van der Waals surface area contributed by atoms with E-state index in [-0.39, 0.29) is 35.2 Å². The van der Waals surface area contributed by atoms with Crippen molar-refractivity contribution in [1.29, 1.82) is 0 Å². The molecule has 1 aromatic heterocycles. The Hall–Kier alpha value is -2.59.